The van der Waals surface area contributed by atoms with Crippen LogP contribution in [-0.2, 0) is 9.53 Å². The lowest BCUT2D eigenvalue weighted by Crippen LogP contribution is -2.37. The van der Waals surface area contributed by atoms with Crippen molar-refractivity contribution >= 4 is 18.3 Å². The Morgan fingerprint density at radius 3 is 2.60 bits per heavy atom. The van der Waals surface area contributed by atoms with Gasteiger partial charge in [0.25, 0.3) is 0 Å². The van der Waals surface area contributed by atoms with Gasteiger partial charge in [-0.1, -0.05) is 6.42 Å². The summed E-state index contributed by atoms with van der Waals surface area (Å²) in [5, 5.41) is 0. The van der Waals surface area contributed by atoms with Crippen molar-refractivity contribution in [3.05, 3.63) is 0 Å². The predicted octanol–water partition coefficient (Wildman–Crippen LogP) is 2.06. The fourth-order valence-electron chi connectivity index (χ4n) is 3.45. The van der Waals surface area contributed by atoms with Gasteiger partial charge in [0.05, 0.1) is 0 Å². The van der Waals surface area contributed by atoms with Gasteiger partial charge in [-0.15, -0.1) is 12.4 Å². The first kappa shape index (κ1) is 17.7. The molecule has 1 saturated carbocycles. The van der Waals surface area contributed by atoms with E-state index in [1.165, 1.54) is 0 Å². The van der Waals surface area contributed by atoms with Gasteiger partial charge in [0.2, 0.25) is 5.91 Å². The van der Waals surface area contributed by atoms with E-state index in [-0.39, 0.29) is 18.3 Å². The zero-order chi connectivity index (χ0) is 13.7. The highest BCUT2D eigenvalue weighted by atomic mass is 35.5. The van der Waals surface area contributed by atoms with Gasteiger partial charge in [0.15, 0.2) is 0 Å². The van der Waals surface area contributed by atoms with E-state index in [9.17, 15) is 4.79 Å². The number of hydrogen-bond donors (Lipinski definition) is 1. The Morgan fingerprint density at radius 1 is 1.25 bits per heavy atom. The van der Waals surface area contributed by atoms with E-state index in [0.717, 1.165) is 64.2 Å². The molecule has 0 radical (unpaired) electrons. The van der Waals surface area contributed by atoms with Crippen LogP contribution in [0.25, 0.3) is 0 Å². The van der Waals surface area contributed by atoms with E-state index in [1.54, 1.807) is 0 Å². The number of nitrogens with zero attached hydrogens (tertiary/aromatic N) is 1. The molecule has 20 heavy (non-hydrogen) atoms. The van der Waals surface area contributed by atoms with Gasteiger partial charge in [-0.2, -0.15) is 0 Å². The van der Waals surface area contributed by atoms with Crippen LogP contribution < -0.4 is 5.73 Å². The summed E-state index contributed by atoms with van der Waals surface area (Å²) in [6.45, 7) is 3.32. The van der Waals surface area contributed by atoms with Crippen molar-refractivity contribution in [1.82, 2.24) is 4.90 Å². The number of nitrogens with two attached hydrogens (primary N) is 1. The molecule has 0 aromatic carbocycles. The molecule has 1 amide bonds. The molecule has 4 nitrogen and oxygen atoms in total. The lowest BCUT2D eigenvalue weighted by Gasteiger charge is -2.27. The van der Waals surface area contributed by atoms with Crippen LogP contribution in [0.15, 0.2) is 0 Å². The Morgan fingerprint density at radius 2 is 1.95 bits per heavy atom. The Labute approximate surface area is 128 Å². The molecule has 5 heteroatoms. The number of carbonyl (C=O) groups excluding carboxylic acids is 1. The highest BCUT2D eigenvalue weighted by Crippen LogP contribution is 2.32. The molecule has 2 atom stereocenters. The average Bonchev–Trinajstić information content (AvgIpc) is 2.93. The summed E-state index contributed by atoms with van der Waals surface area (Å²) in [6, 6.07) is 0. The van der Waals surface area contributed by atoms with Crippen LogP contribution in [0.4, 0.5) is 0 Å². The number of carbonyl (C=O) groups is 1. The number of halogens is 1. The third-order valence-corrected chi connectivity index (χ3v) is 4.87. The standard InChI is InChI=1S/C15H28N2O2.ClH/c1-17(8-5-12-6-9-19-10-7-12)15(18)14-4-2-3-13(14)11-16;/h12-14H,2-11,16H2,1H3;1H/t13-,14-;/m1./s1. The second-order valence-corrected chi connectivity index (χ2v) is 6.14. The van der Waals surface area contributed by atoms with E-state index < -0.39 is 0 Å². The lowest BCUT2D eigenvalue weighted by molar-refractivity contribution is -0.135. The Kier molecular flexibility index (Phi) is 7.85. The fourth-order valence-corrected chi connectivity index (χ4v) is 3.45. The number of amides is 1. The quantitative estimate of drug-likeness (QED) is 0.846. The van der Waals surface area contributed by atoms with E-state index >= 15 is 0 Å². The SMILES string of the molecule is CN(CCC1CCOCC1)C(=O)[C@@H]1CCC[C@@H]1CN.Cl. The van der Waals surface area contributed by atoms with Crippen molar-refractivity contribution in [3.8, 4) is 0 Å². The van der Waals surface area contributed by atoms with E-state index in [0.29, 0.717) is 18.4 Å². The Bertz CT molecular complexity index is 296. The molecule has 0 spiro atoms. The van der Waals surface area contributed by atoms with Crippen LogP contribution in [-0.4, -0.2) is 44.2 Å². The van der Waals surface area contributed by atoms with Crippen LogP contribution in [0.5, 0.6) is 0 Å². The molecule has 0 aromatic heterocycles. The monoisotopic (exact) mass is 304 g/mol. The van der Waals surface area contributed by atoms with E-state index in [4.69, 9.17) is 10.5 Å². The van der Waals surface area contributed by atoms with Crippen molar-refractivity contribution in [2.75, 3.05) is 33.4 Å². The lowest BCUT2D eigenvalue weighted by atomic mass is 9.93. The van der Waals surface area contributed by atoms with Gasteiger partial charge < -0.3 is 15.4 Å². The van der Waals surface area contributed by atoms with Crippen LogP contribution >= 0.6 is 12.4 Å². The highest BCUT2D eigenvalue weighted by molar-refractivity contribution is 5.85. The van der Waals surface area contributed by atoms with Crippen molar-refractivity contribution in [2.45, 2.75) is 38.5 Å². The van der Waals surface area contributed by atoms with Crippen LogP contribution in [0.2, 0.25) is 0 Å². The molecular formula is C15H29ClN2O2. The molecular weight excluding hydrogens is 276 g/mol. The topological polar surface area (TPSA) is 55.6 Å². The summed E-state index contributed by atoms with van der Waals surface area (Å²) < 4.78 is 5.37. The van der Waals surface area contributed by atoms with Crippen LogP contribution in [0.1, 0.15) is 38.5 Å². The second kappa shape index (κ2) is 8.85. The zero-order valence-electron chi connectivity index (χ0n) is 12.6. The van der Waals surface area contributed by atoms with Crippen LogP contribution in [0.3, 0.4) is 0 Å². The van der Waals surface area contributed by atoms with Gasteiger partial charge >= 0.3 is 0 Å². The van der Waals surface area contributed by atoms with Crippen LogP contribution in [0, 0.1) is 17.8 Å². The minimum absolute atomic E-state index is 0. The van der Waals surface area contributed by atoms with Crippen molar-refractivity contribution in [2.24, 2.45) is 23.5 Å². The molecule has 1 aliphatic heterocycles. The molecule has 0 bridgehead atoms. The number of ether oxygens (including phenoxy) is 1. The summed E-state index contributed by atoms with van der Waals surface area (Å²) in [4.78, 5) is 14.4. The molecule has 0 aromatic rings. The smallest absolute Gasteiger partial charge is 0.225 e. The minimum atomic E-state index is 0. The first-order chi connectivity index (χ1) is 9.22. The zero-order valence-corrected chi connectivity index (χ0v) is 13.4. The molecule has 2 fully saturated rings. The normalized spacial score (nSPS) is 27.1. The van der Waals surface area contributed by atoms with E-state index in [1.807, 2.05) is 11.9 Å². The largest absolute Gasteiger partial charge is 0.381 e. The predicted molar refractivity (Wildman–Crippen MR) is 82.9 cm³/mol. The van der Waals surface area contributed by atoms with Gasteiger partial charge in [0.1, 0.15) is 0 Å². The molecule has 2 N–H and O–H groups in total. The Hall–Kier alpha value is -0.320. The molecule has 2 aliphatic rings. The number of hydrogen-bond acceptors (Lipinski definition) is 3. The first-order valence-electron chi connectivity index (χ1n) is 7.75. The molecule has 1 aliphatic carbocycles. The maximum Gasteiger partial charge on any atom is 0.225 e. The molecule has 2 rings (SSSR count). The maximum absolute atomic E-state index is 12.4. The molecule has 1 saturated heterocycles. The van der Waals surface area contributed by atoms with Gasteiger partial charge in [-0.05, 0) is 50.5 Å². The second-order valence-electron chi connectivity index (χ2n) is 6.14. The highest BCUT2D eigenvalue weighted by Gasteiger charge is 2.33. The third-order valence-electron chi connectivity index (χ3n) is 4.87. The summed E-state index contributed by atoms with van der Waals surface area (Å²) in [6.07, 6.45) is 6.73. The molecule has 1 heterocycles. The summed E-state index contributed by atoms with van der Waals surface area (Å²) in [7, 11) is 1.95. The average molecular weight is 305 g/mol. The maximum atomic E-state index is 12.4. The van der Waals surface area contributed by atoms with Crippen molar-refractivity contribution < 1.29 is 9.53 Å². The van der Waals surface area contributed by atoms with E-state index in [2.05, 4.69) is 0 Å². The van der Waals surface area contributed by atoms with Gasteiger partial charge in [-0.3, -0.25) is 4.79 Å². The van der Waals surface area contributed by atoms with Gasteiger partial charge in [0, 0.05) is 32.7 Å². The minimum Gasteiger partial charge on any atom is -0.381 e. The summed E-state index contributed by atoms with van der Waals surface area (Å²) >= 11 is 0. The Balaban J connectivity index is 0.00000200. The first-order valence-corrected chi connectivity index (χ1v) is 7.75. The fraction of sp³-hybridized carbons (Fsp3) is 0.933. The number of rotatable bonds is 5. The third kappa shape index (κ3) is 4.61. The molecule has 118 valence electrons. The molecule has 0 unspecified atom stereocenters. The summed E-state index contributed by atoms with van der Waals surface area (Å²) in [5.41, 5.74) is 5.77. The van der Waals surface area contributed by atoms with Gasteiger partial charge in [-0.25, -0.2) is 0 Å². The summed E-state index contributed by atoms with van der Waals surface area (Å²) in [5.74, 6) is 1.65. The van der Waals surface area contributed by atoms with Crippen molar-refractivity contribution in [1.29, 1.82) is 0 Å². The van der Waals surface area contributed by atoms with Crippen molar-refractivity contribution in [3.63, 3.8) is 0 Å².